The topological polar surface area (TPSA) is 70.1 Å². The minimum Gasteiger partial charge on any atom is -0.481 e. The molecule has 0 aliphatic rings. The smallest absolute Gasteiger partial charge is 0.258 e. The quantitative estimate of drug-likeness (QED) is 0.883. The Balaban J connectivity index is 2.22. The number of aryl methyl sites for hydroxylation is 1. The van der Waals surface area contributed by atoms with E-state index in [1.54, 1.807) is 23.9 Å². The first-order valence-electron chi connectivity index (χ1n) is 5.61. The number of aromatic nitrogens is 2. The van der Waals surface area contributed by atoms with Crippen LogP contribution in [0.5, 0.6) is 5.75 Å². The third-order valence-electron chi connectivity index (χ3n) is 2.59. The van der Waals surface area contributed by atoms with Crippen molar-refractivity contribution in [1.82, 2.24) is 9.78 Å². The molecule has 2 aromatic rings. The van der Waals surface area contributed by atoms with Crippen LogP contribution in [0.1, 0.15) is 6.92 Å². The Bertz CT molecular complexity index is 563. The van der Waals surface area contributed by atoms with Crippen LogP contribution in [0.25, 0.3) is 11.1 Å². The molecule has 5 heteroatoms. The average Bonchev–Trinajstić information content (AvgIpc) is 2.76. The summed E-state index contributed by atoms with van der Waals surface area (Å²) < 4.78 is 7.17. The van der Waals surface area contributed by atoms with Crippen molar-refractivity contribution < 1.29 is 9.53 Å². The van der Waals surface area contributed by atoms with Gasteiger partial charge in [0.05, 0.1) is 6.20 Å². The molecule has 1 amide bonds. The summed E-state index contributed by atoms with van der Waals surface area (Å²) in [4.78, 5) is 10.9. The largest absolute Gasteiger partial charge is 0.481 e. The van der Waals surface area contributed by atoms with Crippen molar-refractivity contribution in [3.63, 3.8) is 0 Å². The second-order valence-corrected chi connectivity index (χ2v) is 4.09. The van der Waals surface area contributed by atoms with Crippen LogP contribution in [0.4, 0.5) is 0 Å². The molecule has 1 aromatic carbocycles. The number of amides is 1. The summed E-state index contributed by atoms with van der Waals surface area (Å²) in [6.45, 7) is 1.62. The standard InChI is InChI=1S/C13H15N3O2/c1-9(13(14)17)18-12-5-3-4-10(6-12)11-7-15-16(2)8-11/h3-9H,1-2H3,(H2,14,17)/t9-/m0/s1. The molecule has 0 saturated heterocycles. The monoisotopic (exact) mass is 245 g/mol. The minimum absolute atomic E-state index is 0.484. The summed E-state index contributed by atoms with van der Waals surface area (Å²) in [5, 5.41) is 4.11. The molecule has 5 nitrogen and oxygen atoms in total. The molecule has 18 heavy (non-hydrogen) atoms. The molecule has 0 spiro atoms. The fraction of sp³-hybridized carbons (Fsp3) is 0.231. The number of hydrogen-bond acceptors (Lipinski definition) is 3. The van der Waals surface area contributed by atoms with Gasteiger partial charge in [-0.3, -0.25) is 9.48 Å². The fourth-order valence-corrected chi connectivity index (χ4v) is 1.58. The highest BCUT2D eigenvalue weighted by Gasteiger charge is 2.10. The zero-order valence-electron chi connectivity index (χ0n) is 10.3. The van der Waals surface area contributed by atoms with Gasteiger partial charge in [0.1, 0.15) is 5.75 Å². The van der Waals surface area contributed by atoms with Gasteiger partial charge < -0.3 is 10.5 Å². The molecule has 2 N–H and O–H groups in total. The number of ether oxygens (including phenoxy) is 1. The average molecular weight is 245 g/mol. The van der Waals surface area contributed by atoms with Crippen LogP contribution in [0.15, 0.2) is 36.7 Å². The second kappa shape index (κ2) is 4.91. The highest BCUT2D eigenvalue weighted by atomic mass is 16.5. The first-order chi connectivity index (χ1) is 8.56. The number of primary amides is 1. The van der Waals surface area contributed by atoms with E-state index in [4.69, 9.17) is 10.5 Å². The van der Waals surface area contributed by atoms with Gasteiger partial charge in [0.15, 0.2) is 6.10 Å². The molecule has 0 unspecified atom stereocenters. The van der Waals surface area contributed by atoms with E-state index < -0.39 is 12.0 Å². The molecule has 0 aliphatic heterocycles. The second-order valence-electron chi connectivity index (χ2n) is 4.09. The molecule has 1 atom stereocenters. The summed E-state index contributed by atoms with van der Waals surface area (Å²) in [6, 6.07) is 7.47. The first-order valence-corrected chi connectivity index (χ1v) is 5.61. The first kappa shape index (κ1) is 12.2. The highest BCUT2D eigenvalue weighted by Crippen LogP contribution is 2.23. The van der Waals surface area contributed by atoms with Crippen LogP contribution >= 0.6 is 0 Å². The zero-order valence-corrected chi connectivity index (χ0v) is 10.3. The summed E-state index contributed by atoms with van der Waals surface area (Å²) >= 11 is 0. The number of benzene rings is 1. The van der Waals surface area contributed by atoms with Gasteiger partial charge in [-0.25, -0.2) is 0 Å². The molecule has 0 bridgehead atoms. The summed E-state index contributed by atoms with van der Waals surface area (Å²) in [6.07, 6.45) is 3.04. The van der Waals surface area contributed by atoms with Gasteiger partial charge in [-0.05, 0) is 24.6 Å². The Kier molecular flexibility index (Phi) is 3.32. The predicted molar refractivity (Wildman–Crippen MR) is 67.9 cm³/mol. The molecule has 1 aromatic heterocycles. The van der Waals surface area contributed by atoms with Gasteiger partial charge in [0.25, 0.3) is 5.91 Å². The number of nitrogens with zero attached hydrogens (tertiary/aromatic N) is 2. The maximum Gasteiger partial charge on any atom is 0.258 e. The van der Waals surface area contributed by atoms with Gasteiger partial charge in [0, 0.05) is 18.8 Å². The van der Waals surface area contributed by atoms with Gasteiger partial charge in [0.2, 0.25) is 0 Å². The Morgan fingerprint density at radius 1 is 1.44 bits per heavy atom. The van der Waals surface area contributed by atoms with Crippen molar-refractivity contribution in [3.05, 3.63) is 36.7 Å². The van der Waals surface area contributed by atoms with Crippen molar-refractivity contribution in [1.29, 1.82) is 0 Å². The van der Waals surface area contributed by atoms with Crippen molar-refractivity contribution in [3.8, 4) is 16.9 Å². The molecule has 0 radical (unpaired) electrons. The molecule has 0 aliphatic carbocycles. The molecule has 94 valence electrons. The number of carbonyl (C=O) groups is 1. The lowest BCUT2D eigenvalue weighted by molar-refractivity contribution is -0.123. The summed E-state index contributed by atoms with van der Waals surface area (Å²) in [5.41, 5.74) is 7.14. The maximum atomic E-state index is 10.9. The van der Waals surface area contributed by atoms with Crippen LogP contribution in [-0.2, 0) is 11.8 Å². The molecular weight excluding hydrogens is 230 g/mol. The third-order valence-corrected chi connectivity index (χ3v) is 2.59. The van der Waals surface area contributed by atoms with Gasteiger partial charge in [-0.15, -0.1) is 0 Å². The van der Waals surface area contributed by atoms with Crippen LogP contribution in [-0.4, -0.2) is 21.8 Å². The lowest BCUT2D eigenvalue weighted by Crippen LogP contribution is -2.30. The number of nitrogens with two attached hydrogens (primary N) is 1. The Hall–Kier alpha value is -2.30. The third kappa shape index (κ3) is 2.68. The number of rotatable bonds is 4. The Morgan fingerprint density at radius 2 is 2.22 bits per heavy atom. The maximum absolute atomic E-state index is 10.9. The minimum atomic E-state index is -0.644. The van der Waals surface area contributed by atoms with Crippen LogP contribution in [0.3, 0.4) is 0 Å². The van der Waals surface area contributed by atoms with Crippen molar-refractivity contribution in [2.45, 2.75) is 13.0 Å². The molecular formula is C13H15N3O2. The van der Waals surface area contributed by atoms with Crippen molar-refractivity contribution in [2.24, 2.45) is 12.8 Å². The van der Waals surface area contributed by atoms with E-state index in [-0.39, 0.29) is 0 Å². The van der Waals surface area contributed by atoms with E-state index >= 15 is 0 Å². The van der Waals surface area contributed by atoms with Crippen molar-refractivity contribution in [2.75, 3.05) is 0 Å². The summed E-state index contributed by atoms with van der Waals surface area (Å²) in [7, 11) is 1.86. The van der Waals surface area contributed by atoms with Crippen LogP contribution in [0, 0.1) is 0 Å². The van der Waals surface area contributed by atoms with Gasteiger partial charge >= 0.3 is 0 Å². The highest BCUT2D eigenvalue weighted by molar-refractivity contribution is 5.78. The lowest BCUT2D eigenvalue weighted by Gasteiger charge is -2.11. The molecule has 0 saturated carbocycles. The van der Waals surface area contributed by atoms with E-state index in [1.807, 2.05) is 31.4 Å². The van der Waals surface area contributed by atoms with Crippen LogP contribution < -0.4 is 10.5 Å². The Labute approximate surface area is 105 Å². The predicted octanol–water partition coefficient (Wildman–Crippen LogP) is 1.34. The van der Waals surface area contributed by atoms with Crippen molar-refractivity contribution >= 4 is 5.91 Å². The number of carbonyl (C=O) groups excluding carboxylic acids is 1. The molecule has 0 fully saturated rings. The normalized spacial score (nSPS) is 12.1. The van der Waals surface area contributed by atoms with E-state index in [0.29, 0.717) is 5.75 Å². The van der Waals surface area contributed by atoms with Crippen LogP contribution in [0.2, 0.25) is 0 Å². The van der Waals surface area contributed by atoms with E-state index in [2.05, 4.69) is 5.10 Å². The fourth-order valence-electron chi connectivity index (χ4n) is 1.58. The lowest BCUT2D eigenvalue weighted by atomic mass is 10.1. The number of hydrogen-bond donors (Lipinski definition) is 1. The molecule has 1 heterocycles. The van der Waals surface area contributed by atoms with Gasteiger partial charge in [-0.1, -0.05) is 12.1 Å². The van der Waals surface area contributed by atoms with E-state index in [1.165, 1.54) is 0 Å². The molecule has 2 rings (SSSR count). The van der Waals surface area contributed by atoms with E-state index in [0.717, 1.165) is 11.1 Å². The Morgan fingerprint density at radius 3 is 2.83 bits per heavy atom. The summed E-state index contributed by atoms with van der Waals surface area (Å²) in [5.74, 6) is 0.129. The van der Waals surface area contributed by atoms with E-state index in [9.17, 15) is 4.79 Å². The zero-order chi connectivity index (χ0) is 13.1. The SMILES string of the molecule is C[C@H](Oc1cccc(-c2cnn(C)c2)c1)C(N)=O. The van der Waals surface area contributed by atoms with Gasteiger partial charge in [-0.2, -0.15) is 5.10 Å².